The molecule has 1 aliphatic carbocycles. The van der Waals surface area contributed by atoms with Gasteiger partial charge in [0.25, 0.3) is 0 Å². The van der Waals surface area contributed by atoms with Crippen LogP contribution in [0.5, 0.6) is 0 Å². The van der Waals surface area contributed by atoms with Crippen molar-refractivity contribution in [1.82, 2.24) is 4.90 Å². The third-order valence-corrected chi connectivity index (χ3v) is 5.60. The summed E-state index contributed by atoms with van der Waals surface area (Å²) in [5.41, 5.74) is 2.22. The van der Waals surface area contributed by atoms with Crippen molar-refractivity contribution in [3.05, 3.63) is 64.5 Å². The summed E-state index contributed by atoms with van der Waals surface area (Å²) in [6.07, 6.45) is 0.233. The molecule has 1 aliphatic rings. The fourth-order valence-corrected chi connectivity index (χ4v) is 3.97. The van der Waals surface area contributed by atoms with E-state index in [1.165, 1.54) is 11.8 Å². The molecule has 1 atom stereocenters. The standard InChI is InChI=1S/C24H27FN2O5/c1-15-19-9-8-18(23(30)22(19)21(12-20(15)25)26-16(2)29)13-27(10-11-28)24(31)32-14-17-6-4-3-5-7-17/h3-7,12,18,28H,8-11,13-14H2,1-2H3,(H,26,29). The molecule has 0 heterocycles. The molecule has 0 aliphatic heterocycles. The van der Waals surface area contributed by atoms with Crippen LogP contribution >= 0.6 is 0 Å². The van der Waals surface area contributed by atoms with E-state index in [-0.39, 0.29) is 43.3 Å². The highest BCUT2D eigenvalue weighted by Gasteiger charge is 2.34. The molecule has 32 heavy (non-hydrogen) atoms. The topological polar surface area (TPSA) is 95.9 Å². The van der Waals surface area contributed by atoms with Gasteiger partial charge < -0.3 is 20.1 Å². The zero-order chi connectivity index (χ0) is 23.3. The summed E-state index contributed by atoms with van der Waals surface area (Å²) >= 11 is 0. The van der Waals surface area contributed by atoms with Gasteiger partial charge in [0.1, 0.15) is 12.4 Å². The summed E-state index contributed by atoms with van der Waals surface area (Å²) in [6, 6.07) is 10.4. The normalized spacial score (nSPS) is 15.1. The molecule has 2 amide bonds. The number of ether oxygens (including phenoxy) is 1. The summed E-state index contributed by atoms with van der Waals surface area (Å²) in [6.45, 7) is 2.78. The van der Waals surface area contributed by atoms with Crippen LogP contribution in [-0.2, 0) is 22.6 Å². The van der Waals surface area contributed by atoms with E-state index in [1.54, 1.807) is 6.92 Å². The van der Waals surface area contributed by atoms with Crippen LogP contribution in [0.15, 0.2) is 36.4 Å². The Morgan fingerprint density at radius 2 is 2.00 bits per heavy atom. The minimum Gasteiger partial charge on any atom is -0.445 e. The van der Waals surface area contributed by atoms with Gasteiger partial charge in [-0.15, -0.1) is 0 Å². The predicted octanol–water partition coefficient (Wildman–Crippen LogP) is 3.47. The monoisotopic (exact) mass is 442 g/mol. The molecule has 0 radical (unpaired) electrons. The maximum atomic E-state index is 14.3. The van der Waals surface area contributed by atoms with Crippen LogP contribution in [0.2, 0.25) is 0 Å². The average molecular weight is 442 g/mol. The van der Waals surface area contributed by atoms with Crippen molar-refractivity contribution in [2.45, 2.75) is 33.3 Å². The van der Waals surface area contributed by atoms with Crippen molar-refractivity contribution in [1.29, 1.82) is 0 Å². The van der Waals surface area contributed by atoms with E-state index in [4.69, 9.17) is 4.74 Å². The van der Waals surface area contributed by atoms with E-state index in [0.29, 0.717) is 24.0 Å². The van der Waals surface area contributed by atoms with Crippen LogP contribution in [0.25, 0.3) is 0 Å². The number of nitrogens with zero attached hydrogens (tertiary/aromatic N) is 1. The van der Waals surface area contributed by atoms with Gasteiger partial charge in [0.2, 0.25) is 5.91 Å². The van der Waals surface area contributed by atoms with Crippen LogP contribution in [-0.4, -0.2) is 47.5 Å². The number of carbonyl (C=O) groups is 3. The summed E-state index contributed by atoms with van der Waals surface area (Å²) in [4.78, 5) is 38.8. The molecule has 0 spiro atoms. The lowest BCUT2D eigenvalue weighted by atomic mass is 9.79. The van der Waals surface area contributed by atoms with E-state index in [1.807, 2.05) is 30.3 Å². The Kier molecular flexibility index (Phi) is 7.58. The Morgan fingerprint density at radius 1 is 1.28 bits per heavy atom. The van der Waals surface area contributed by atoms with Crippen molar-refractivity contribution >= 4 is 23.5 Å². The molecule has 0 bridgehead atoms. The minimum absolute atomic E-state index is 0.0191. The fraction of sp³-hybridized carbons (Fsp3) is 0.375. The number of Topliss-reactive ketones (excluding diaryl/α,β-unsaturated/α-hetero) is 1. The Bertz CT molecular complexity index is 1010. The van der Waals surface area contributed by atoms with Gasteiger partial charge in [0.15, 0.2) is 5.78 Å². The van der Waals surface area contributed by atoms with E-state index >= 15 is 0 Å². The Balaban J connectivity index is 1.78. The number of nitrogens with one attached hydrogen (secondary N) is 1. The summed E-state index contributed by atoms with van der Waals surface area (Å²) in [5, 5.41) is 12.0. The molecule has 1 unspecified atom stereocenters. The van der Waals surface area contributed by atoms with Crippen molar-refractivity contribution in [3.8, 4) is 0 Å². The van der Waals surface area contributed by atoms with Crippen LogP contribution < -0.4 is 5.32 Å². The van der Waals surface area contributed by atoms with Crippen LogP contribution in [0.3, 0.4) is 0 Å². The smallest absolute Gasteiger partial charge is 0.410 e. The summed E-state index contributed by atoms with van der Waals surface area (Å²) in [7, 11) is 0. The minimum atomic E-state index is -0.626. The SMILES string of the molecule is CC(=O)Nc1cc(F)c(C)c2c1C(=O)C(CN(CCO)C(=O)OCc1ccccc1)CC2. The highest BCUT2D eigenvalue weighted by atomic mass is 19.1. The third-order valence-electron chi connectivity index (χ3n) is 5.60. The number of hydrogen-bond acceptors (Lipinski definition) is 5. The van der Waals surface area contributed by atoms with E-state index in [2.05, 4.69) is 5.32 Å². The highest BCUT2D eigenvalue weighted by molar-refractivity contribution is 6.08. The first kappa shape index (κ1) is 23.4. The first-order valence-electron chi connectivity index (χ1n) is 10.5. The molecule has 8 heteroatoms. The van der Waals surface area contributed by atoms with Gasteiger partial charge in [0, 0.05) is 31.5 Å². The summed E-state index contributed by atoms with van der Waals surface area (Å²) in [5.74, 6) is -1.71. The largest absolute Gasteiger partial charge is 0.445 e. The number of ketones is 1. The second kappa shape index (κ2) is 10.4. The van der Waals surface area contributed by atoms with Crippen molar-refractivity contribution in [3.63, 3.8) is 0 Å². The maximum Gasteiger partial charge on any atom is 0.410 e. The Hall–Kier alpha value is -3.26. The van der Waals surface area contributed by atoms with E-state index in [0.717, 1.165) is 11.6 Å². The van der Waals surface area contributed by atoms with Gasteiger partial charge in [-0.05, 0) is 42.5 Å². The van der Waals surface area contributed by atoms with Gasteiger partial charge >= 0.3 is 6.09 Å². The molecule has 0 saturated carbocycles. The van der Waals surface area contributed by atoms with Crippen molar-refractivity contribution in [2.75, 3.05) is 25.0 Å². The number of fused-ring (bicyclic) bond motifs is 1. The van der Waals surface area contributed by atoms with Crippen LogP contribution in [0.1, 0.15) is 40.4 Å². The molecule has 170 valence electrons. The average Bonchev–Trinajstić information content (AvgIpc) is 2.76. The molecule has 7 nitrogen and oxygen atoms in total. The molecule has 0 saturated heterocycles. The van der Waals surface area contributed by atoms with Gasteiger partial charge in [-0.25, -0.2) is 9.18 Å². The second-order valence-corrected chi connectivity index (χ2v) is 7.88. The molecular formula is C24H27FN2O5. The number of amides is 2. The number of rotatable bonds is 7. The number of aliphatic hydroxyl groups is 1. The van der Waals surface area contributed by atoms with Gasteiger partial charge in [-0.3, -0.25) is 9.59 Å². The van der Waals surface area contributed by atoms with E-state index < -0.39 is 23.7 Å². The number of hydrogen-bond donors (Lipinski definition) is 2. The number of benzene rings is 2. The van der Waals surface area contributed by atoms with Crippen molar-refractivity contribution in [2.24, 2.45) is 5.92 Å². The second-order valence-electron chi connectivity index (χ2n) is 7.88. The van der Waals surface area contributed by atoms with E-state index in [9.17, 15) is 23.9 Å². The van der Waals surface area contributed by atoms with Gasteiger partial charge in [-0.1, -0.05) is 30.3 Å². The third kappa shape index (κ3) is 5.31. The van der Waals surface area contributed by atoms with Crippen molar-refractivity contribution < 1.29 is 28.6 Å². The van der Waals surface area contributed by atoms with Crippen LogP contribution in [0, 0.1) is 18.7 Å². The number of anilines is 1. The zero-order valence-electron chi connectivity index (χ0n) is 18.2. The molecule has 0 aromatic heterocycles. The number of halogens is 1. The predicted molar refractivity (Wildman–Crippen MR) is 117 cm³/mol. The molecule has 2 N–H and O–H groups in total. The number of aliphatic hydroxyl groups excluding tert-OH is 1. The fourth-order valence-electron chi connectivity index (χ4n) is 3.97. The zero-order valence-corrected chi connectivity index (χ0v) is 18.2. The van der Waals surface area contributed by atoms with Gasteiger partial charge in [-0.2, -0.15) is 0 Å². The number of carbonyl (C=O) groups excluding carboxylic acids is 3. The lowest BCUT2D eigenvalue weighted by Gasteiger charge is -2.31. The highest BCUT2D eigenvalue weighted by Crippen LogP contribution is 2.35. The quantitative estimate of drug-likeness (QED) is 0.685. The molecular weight excluding hydrogens is 415 g/mol. The first-order valence-corrected chi connectivity index (χ1v) is 10.5. The lowest BCUT2D eigenvalue weighted by molar-refractivity contribution is -0.114. The Labute approximate surface area is 186 Å². The summed E-state index contributed by atoms with van der Waals surface area (Å²) < 4.78 is 19.7. The first-order chi connectivity index (χ1) is 15.3. The maximum absolute atomic E-state index is 14.3. The molecule has 0 fully saturated rings. The lowest BCUT2D eigenvalue weighted by Crippen LogP contribution is -2.41. The molecule has 2 aromatic carbocycles. The Morgan fingerprint density at radius 3 is 2.66 bits per heavy atom. The molecule has 2 aromatic rings. The van der Waals surface area contributed by atoms with Gasteiger partial charge in [0.05, 0.1) is 12.3 Å². The van der Waals surface area contributed by atoms with Crippen LogP contribution in [0.4, 0.5) is 14.9 Å². The molecule has 3 rings (SSSR count).